The number of carbonyl (C=O) groups is 1. The first-order valence-corrected chi connectivity index (χ1v) is 6.98. The predicted molar refractivity (Wildman–Crippen MR) is 85.2 cm³/mol. The van der Waals surface area contributed by atoms with Crippen molar-refractivity contribution in [1.82, 2.24) is 14.8 Å². The second kappa shape index (κ2) is 5.81. The van der Waals surface area contributed by atoms with Gasteiger partial charge in [-0.1, -0.05) is 29.8 Å². The molecule has 0 saturated heterocycles. The van der Waals surface area contributed by atoms with Crippen LogP contribution in [0.5, 0.6) is 0 Å². The van der Waals surface area contributed by atoms with Crippen molar-refractivity contribution in [2.75, 3.05) is 5.32 Å². The van der Waals surface area contributed by atoms with Crippen LogP contribution in [0.4, 0.5) is 5.69 Å². The lowest BCUT2D eigenvalue weighted by Gasteiger charge is -2.12. The maximum Gasteiger partial charge on any atom is 0.255 e. The monoisotopic (exact) mass is 292 g/mol. The van der Waals surface area contributed by atoms with E-state index < -0.39 is 0 Å². The van der Waals surface area contributed by atoms with Gasteiger partial charge in [-0.15, -0.1) is 0 Å². The minimum absolute atomic E-state index is 0.134. The fourth-order valence-electron chi connectivity index (χ4n) is 2.37. The number of rotatable bonds is 3. The zero-order valence-corrected chi connectivity index (χ0v) is 12.4. The Labute approximate surface area is 128 Å². The number of benzene rings is 2. The second-order valence-corrected chi connectivity index (χ2v) is 5.13. The summed E-state index contributed by atoms with van der Waals surface area (Å²) in [5.74, 6) is -0.134. The highest BCUT2D eigenvalue weighted by Gasteiger charge is 2.12. The maximum atomic E-state index is 12.5. The molecule has 0 saturated carbocycles. The lowest BCUT2D eigenvalue weighted by Crippen LogP contribution is -2.15. The summed E-state index contributed by atoms with van der Waals surface area (Å²) in [6.07, 6.45) is 3.06. The maximum absolute atomic E-state index is 12.5. The minimum Gasteiger partial charge on any atom is -0.320 e. The molecular formula is C17H16N4O. The quantitative estimate of drug-likeness (QED) is 0.806. The van der Waals surface area contributed by atoms with E-state index in [0.717, 1.165) is 16.8 Å². The fraction of sp³-hybridized carbons (Fsp3) is 0.118. The number of carbonyl (C=O) groups excluding carboxylic acids is 1. The number of aryl methyl sites for hydroxylation is 2. The van der Waals surface area contributed by atoms with E-state index in [0.29, 0.717) is 11.3 Å². The summed E-state index contributed by atoms with van der Waals surface area (Å²) in [5, 5.41) is 7.06. The van der Waals surface area contributed by atoms with Gasteiger partial charge in [0, 0.05) is 5.56 Å². The van der Waals surface area contributed by atoms with E-state index in [1.807, 2.05) is 56.3 Å². The molecule has 0 spiro atoms. The Morgan fingerprint density at radius 3 is 2.68 bits per heavy atom. The van der Waals surface area contributed by atoms with Crippen molar-refractivity contribution in [2.24, 2.45) is 0 Å². The van der Waals surface area contributed by atoms with Gasteiger partial charge in [0.15, 0.2) is 0 Å². The van der Waals surface area contributed by atoms with Gasteiger partial charge in [-0.05, 0) is 37.6 Å². The first-order valence-electron chi connectivity index (χ1n) is 6.98. The molecule has 0 aliphatic rings. The van der Waals surface area contributed by atoms with E-state index >= 15 is 0 Å². The number of aromatic nitrogens is 3. The molecular weight excluding hydrogens is 276 g/mol. The summed E-state index contributed by atoms with van der Waals surface area (Å²) in [4.78, 5) is 16.5. The van der Waals surface area contributed by atoms with Crippen LogP contribution in [-0.4, -0.2) is 20.7 Å². The Morgan fingerprint density at radius 2 is 1.95 bits per heavy atom. The summed E-state index contributed by atoms with van der Waals surface area (Å²) in [6, 6.07) is 13.3. The molecule has 0 aliphatic carbocycles. The van der Waals surface area contributed by atoms with Gasteiger partial charge in [-0.3, -0.25) is 4.79 Å². The fourth-order valence-corrected chi connectivity index (χ4v) is 2.37. The van der Waals surface area contributed by atoms with Crippen molar-refractivity contribution < 1.29 is 4.79 Å². The number of anilines is 1. The summed E-state index contributed by atoms with van der Waals surface area (Å²) in [5.41, 5.74) is 4.22. The second-order valence-electron chi connectivity index (χ2n) is 5.13. The van der Waals surface area contributed by atoms with Crippen molar-refractivity contribution in [3.05, 3.63) is 71.8 Å². The summed E-state index contributed by atoms with van der Waals surface area (Å²) >= 11 is 0. The SMILES string of the molecule is Cc1ccc(C(=O)Nc2ccccc2-n2cncn2)c(C)c1. The molecule has 0 fully saturated rings. The number of hydrogen-bond donors (Lipinski definition) is 1. The first-order chi connectivity index (χ1) is 10.6. The molecule has 3 rings (SSSR count). The van der Waals surface area contributed by atoms with Crippen molar-refractivity contribution in [2.45, 2.75) is 13.8 Å². The first kappa shape index (κ1) is 14.0. The van der Waals surface area contributed by atoms with Gasteiger partial charge in [-0.25, -0.2) is 9.67 Å². The highest BCUT2D eigenvalue weighted by Crippen LogP contribution is 2.20. The Bertz CT molecular complexity index is 809. The van der Waals surface area contributed by atoms with Crippen LogP contribution in [0.25, 0.3) is 5.69 Å². The summed E-state index contributed by atoms with van der Waals surface area (Å²) in [7, 11) is 0. The molecule has 5 nitrogen and oxygen atoms in total. The highest BCUT2D eigenvalue weighted by molar-refractivity contribution is 6.06. The van der Waals surface area contributed by atoms with Crippen LogP contribution in [0, 0.1) is 13.8 Å². The van der Waals surface area contributed by atoms with Crippen LogP contribution in [-0.2, 0) is 0 Å². The molecule has 1 heterocycles. The molecule has 0 unspecified atom stereocenters. The number of hydrogen-bond acceptors (Lipinski definition) is 3. The van der Waals surface area contributed by atoms with Crippen LogP contribution in [0.2, 0.25) is 0 Å². The van der Waals surface area contributed by atoms with E-state index in [1.165, 1.54) is 6.33 Å². The van der Waals surface area contributed by atoms with E-state index in [2.05, 4.69) is 15.4 Å². The van der Waals surface area contributed by atoms with Crippen LogP contribution in [0.1, 0.15) is 21.5 Å². The topological polar surface area (TPSA) is 59.8 Å². The highest BCUT2D eigenvalue weighted by atomic mass is 16.1. The molecule has 0 bridgehead atoms. The van der Waals surface area contributed by atoms with Crippen LogP contribution in [0.3, 0.4) is 0 Å². The lowest BCUT2D eigenvalue weighted by molar-refractivity contribution is 0.102. The van der Waals surface area contributed by atoms with Crippen molar-refractivity contribution in [3.63, 3.8) is 0 Å². The van der Waals surface area contributed by atoms with Gasteiger partial charge < -0.3 is 5.32 Å². The molecule has 0 radical (unpaired) electrons. The number of para-hydroxylation sites is 2. The molecule has 0 atom stereocenters. The minimum atomic E-state index is -0.134. The molecule has 3 aromatic rings. The van der Waals surface area contributed by atoms with Crippen molar-refractivity contribution in [1.29, 1.82) is 0 Å². The number of amides is 1. The van der Waals surface area contributed by atoms with Crippen LogP contribution in [0.15, 0.2) is 55.1 Å². The summed E-state index contributed by atoms with van der Waals surface area (Å²) in [6.45, 7) is 3.94. The van der Waals surface area contributed by atoms with E-state index in [4.69, 9.17) is 0 Å². The Hall–Kier alpha value is -2.95. The number of nitrogens with one attached hydrogen (secondary N) is 1. The Morgan fingerprint density at radius 1 is 1.14 bits per heavy atom. The van der Waals surface area contributed by atoms with Gasteiger partial charge in [0.1, 0.15) is 12.7 Å². The average Bonchev–Trinajstić information content (AvgIpc) is 3.01. The third kappa shape index (κ3) is 2.74. The third-order valence-electron chi connectivity index (χ3n) is 3.44. The molecule has 1 amide bonds. The van der Waals surface area contributed by atoms with Gasteiger partial charge >= 0.3 is 0 Å². The molecule has 5 heteroatoms. The Balaban J connectivity index is 1.92. The van der Waals surface area contributed by atoms with Crippen LogP contribution >= 0.6 is 0 Å². The normalized spacial score (nSPS) is 10.5. The van der Waals surface area contributed by atoms with Gasteiger partial charge in [0.05, 0.1) is 11.4 Å². The molecule has 1 aromatic heterocycles. The van der Waals surface area contributed by atoms with Crippen molar-refractivity contribution >= 4 is 11.6 Å². The molecule has 2 aromatic carbocycles. The Kier molecular flexibility index (Phi) is 3.70. The predicted octanol–water partition coefficient (Wildman–Crippen LogP) is 3.14. The molecule has 1 N–H and O–H groups in total. The van der Waals surface area contributed by atoms with Crippen molar-refractivity contribution in [3.8, 4) is 5.69 Å². The van der Waals surface area contributed by atoms with E-state index in [1.54, 1.807) is 11.0 Å². The molecule has 110 valence electrons. The van der Waals surface area contributed by atoms with Gasteiger partial charge in [0.2, 0.25) is 0 Å². The lowest BCUT2D eigenvalue weighted by atomic mass is 10.1. The zero-order chi connectivity index (χ0) is 15.5. The smallest absolute Gasteiger partial charge is 0.255 e. The largest absolute Gasteiger partial charge is 0.320 e. The average molecular weight is 292 g/mol. The molecule has 22 heavy (non-hydrogen) atoms. The van der Waals surface area contributed by atoms with Gasteiger partial charge in [-0.2, -0.15) is 5.10 Å². The van der Waals surface area contributed by atoms with Gasteiger partial charge in [0.25, 0.3) is 5.91 Å². The summed E-state index contributed by atoms with van der Waals surface area (Å²) < 4.78 is 1.62. The molecule has 0 aliphatic heterocycles. The van der Waals surface area contributed by atoms with E-state index in [9.17, 15) is 4.79 Å². The van der Waals surface area contributed by atoms with E-state index in [-0.39, 0.29) is 5.91 Å². The number of nitrogens with zero attached hydrogens (tertiary/aromatic N) is 3. The van der Waals surface area contributed by atoms with Crippen LogP contribution < -0.4 is 5.32 Å². The standard InChI is InChI=1S/C17H16N4O/c1-12-7-8-14(13(2)9-12)17(22)20-15-5-3-4-6-16(15)21-11-18-10-19-21/h3-11H,1-2H3,(H,20,22). The zero-order valence-electron chi connectivity index (χ0n) is 12.4. The third-order valence-corrected chi connectivity index (χ3v) is 3.44.